The SMILES string of the molecule is CC([SiH3])(C(F)(F)F)C(F)(F)F. The predicted molar refractivity (Wildman–Crippen MR) is 30.4 cm³/mol. The van der Waals surface area contributed by atoms with Gasteiger partial charge in [0.05, 0.1) is 0 Å². The van der Waals surface area contributed by atoms with E-state index in [1.165, 1.54) is 0 Å². The van der Waals surface area contributed by atoms with Crippen molar-refractivity contribution in [3.05, 3.63) is 0 Å². The minimum Gasteiger partial charge on any atom is -0.171 e. The first kappa shape index (κ1) is 10.8. The summed E-state index contributed by atoms with van der Waals surface area (Å²) in [4.78, 5) is 0. The molecule has 0 rings (SSSR count). The molecule has 0 atom stereocenters. The van der Waals surface area contributed by atoms with Gasteiger partial charge in [0, 0.05) is 10.2 Å². The van der Waals surface area contributed by atoms with Gasteiger partial charge in [0.25, 0.3) is 0 Å². The van der Waals surface area contributed by atoms with Gasteiger partial charge in [0.1, 0.15) is 5.04 Å². The summed E-state index contributed by atoms with van der Waals surface area (Å²) in [7, 11) is -0.984. The van der Waals surface area contributed by atoms with Crippen molar-refractivity contribution in [2.45, 2.75) is 24.3 Å². The van der Waals surface area contributed by atoms with Gasteiger partial charge in [-0.3, -0.25) is 0 Å². The van der Waals surface area contributed by atoms with E-state index in [1.54, 1.807) is 0 Å². The second kappa shape index (κ2) is 2.39. The smallest absolute Gasteiger partial charge is 0.171 e. The Balaban J connectivity index is 4.75. The molecule has 0 spiro atoms. The summed E-state index contributed by atoms with van der Waals surface area (Å²) in [6.45, 7) is 0.166. The zero-order chi connectivity index (χ0) is 9.50. The maximum Gasteiger partial charge on any atom is 0.399 e. The van der Waals surface area contributed by atoms with Gasteiger partial charge in [-0.15, -0.1) is 0 Å². The van der Waals surface area contributed by atoms with Gasteiger partial charge in [-0.2, -0.15) is 26.3 Å². The molecule has 0 aromatic rings. The molecule has 0 aliphatic heterocycles. The number of hydrogen-bond acceptors (Lipinski definition) is 0. The molecule has 0 nitrogen and oxygen atoms in total. The Morgan fingerprint density at radius 1 is 0.818 bits per heavy atom. The highest BCUT2D eigenvalue weighted by atomic mass is 28.1. The van der Waals surface area contributed by atoms with Gasteiger partial charge in [-0.1, -0.05) is 0 Å². The topological polar surface area (TPSA) is 0 Å². The van der Waals surface area contributed by atoms with Crippen LogP contribution in [0.25, 0.3) is 0 Å². The van der Waals surface area contributed by atoms with Crippen LogP contribution in [0.3, 0.4) is 0 Å². The van der Waals surface area contributed by atoms with Crippen molar-refractivity contribution in [2.24, 2.45) is 0 Å². The van der Waals surface area contributed by atoms with Crippen LogP contribution >= 0.6 is 0 Å². The van der Waals surface area contributed by atoms with E-state index in [9.17, 15) is 26.3 Å². The summed E-state index contributed by atoms with van der Waals surface area (Å²) >= 11 is 0. The van der Waals surface area contributed by atoms with Crippen molar-refractivity contribution in [1.82, 2.24) is 0 Å². The molecule has 0 unspecified atom stereocenters. The Bertz CT molecular complexity index is 126. The third-order valence-electron chi connectivity index (χ3n) is 1.42. The lowest BCUT2D eigenvalue weighted by Gasteiger charge is -2.29. The van der Waals surface area contributed by atoms with Crippen LogP contribution in [0.1, 0.15) is 6.92 Å². The number of rotatable bonds is 0. The van der Waals surface area contributed by atoms with Crippen molar-refractivity contribution in [2.75, 3.05) is 0 Å². The van der Waals surface area contributed by atoms with E-state index >= 15 is 0 Å². The maximum atomic E-state index is 11.6. The molecule has 7 heteroatoms. The van der Waals surface area contributed by atoms with Gasteiger partial charge in [-0.25, -0.2) is 0 Å². The van der Waals surface area contributed by atoms with Crippen LogP contribution in [0.4, 0.5) is 26.3 Å². The first-order valence-electron chi connectivity index (χ1n) is 2.63. The summed E-state index contributed by atoms with van der Waals surface area (Å²) in [5.41, 5.74) is 0. The van der Waals surface area contributed by atoms with Crippen molar-refractivity contribution in [1.29, 1.82) is 0 Å². The Kier molecular flexibility index (Phi) is 2.35. The minimum absolute atomic E-state index is 0.166. The lowest BCUT2D eigenvalue weighted by atomic mass is 10.1. The summed E-state index contributed by atoms with van der Waals surface area (Å²) in [5, 5.41) is -3.49. The Morgan fingerprint density at radius 2 is 1.00 bits per heavy atom. The third kappa shape index (κ3) is 1.88. The Morgan fingerprint density at radius 3 is 1.00 bits per heavy atom. The maximum absolute atomic E-state index is 11.6. The molecule has 0 N–H and O–H groups in total. The molecular formula is C4H6F6Si. The monoisotopic (exact) mass is 196 g/mol. The highest BCUT2D eigenvalue weighted by Crippen LogP contribution is 2.53. The lowest BCUT2D eigenvalue weighted by molar-refractivity contribution is -0.267. The summed E-state index contributed by atoms with van der Waals surface area (Å²) in [5.74, 6) is 0. The number of halogens is 6. The first-order valence-corrected chi connectivity index (χ1v) is 3.63. The molecule has 0 bridgehead atoms. The molecule has 68 valence electrons. The molecule has 0 aliphatic rings. The minimum atomic E-state index is -5.18. The zero-order valence-corrected chi connectivity index (χ0v) is 7.77. The Labute approximate surface area is 62.0 Å². The first-order chi connectivity index (χ1) is 4.50. The molecule has 11 heavy (non-hydrogen) atoms. The standard InChI is InChI=1S/C4H6F6Si/c1-2(11,3(5,6)7)4(8,9)10/h1,11H3. The molecule has 0 aliphatic carbocycles. The molecular weight excluding hydrogens is 190 g/mol. The predicted octanol–water partition coefficient (Wildman–Crippen LogP) is 1.65. The van der Waals surface area contributed by atoms with E-state index in [-0.39, 0.29) is 6.92 Å². The molecule has 0 heterocycles. The second-order valence-electron chi connectivity index (χ2n) is 2.62. The normalized spacial score (nSPS) is 15.5. The van der Waals surface area contributed by atoms with Gasteiger partial charge in [0.2, 0.25) is 0 Å². The zero-order valence-electron chi connectivity index (χ0n) is 5.77. The van der Waals surface area contributed by atoms with Crippen LogP contribution in [-0.2, 0) is 0 Å². The van der Waals surface area contributed by atoms with Crippen LogP contribution in [0.15, 0.2) is 0 Å². The average Bonchev–Trinajstić information content (AvgIpc) is 1.58. The largest absolute Gasteiger partial charge is 0.399 e. The fraction of sp³-hybridized carbons (Fsp3) is 1.00. The van der Waals surface area contributed by atoms with E-state index in [1.807, 2.05) is 0 Å². The third-order valence-corrected chi connectivity index (χ3v) is 2.55. The van der Waals surface area contributed by atoms with Gasteiger partial charge >= 0.3 is 12.4 Å². The van der Waals surface area contributed by atoms with Crippen LogP contribution in [0, 0.1) is 0 Å². The second-order valence-corrected chi connectivity index (χ2v) is 4.62. The molecule has 0 saturated carbocycles. The lowest BCUT2D eigenvalue weighted by Crippen LogP contribution is -2.41. The highest BCUT2D eigenvalue weighted by molar-refractivity contribution is 6.16. The van der Waals surface area contributed by atoms with Crippen LogP contribution in [-0.4, -0.2) is 22.6 Å². The average molecular weight is 196 g/mol. The molecule has 0 aromatic carbocycles. The quantitative estimate of drug-likeness (QED) is 0.408. The van der Waals surface area contributed by atoms with E-state index < -0.39 is 27.6 Å². The van der Waals surface area contributed by atoms with E-state index in [0.29, 0.717) is 0 Å². The molecule has 0 saturated heterocycles. The Hall–Kier alpha value is -0.203. The van der Waals surface area contributed by atoms with Crippen LogP contribution < -0.4 is 0 Å². The molecule has 0 aromatic heterocycles. The summed E-state index contributed by atoms with van der Waals surface area (Å²) in [6.07, 6.45) is -10.4. The van der Waals surface area contributed by atoms with Crippen molar-refractivity contribution >= 4 is 10.2 Å². The van der Waals surface area contributed by atoms with E-state index in [0.717, 1.165) is 0 Å². The van der Waals surface area contributed by atoms with Crippen LogP contribution in [0.5, 0.6) is 0 Å². The number of alkyl halides is 6. The summed E-state index contributed by atoms with van der Waals surface area (Å²) in [6, 6.07) is 0. The van der Waals surface area contributed by atoms with Gasteiger partial charge < -0.3 is 0 Å². The highest BCUT2D eigenvalue weighted by Gasteiger charge is 2.63. The van der Waals surface area contributed by atoms with E-state index in [2.05, 4.69) is 0 Å². The van der Waals surface area contributed by atoms with Crippen molar-refractivity contribution < 1.29 is 26.3 Å². The van der Waals surface area contributed by atoms with Gasteiger partial charge in [-0.05, 0) is 6.92 Å². The van der Waals surface area contributed by atoms with Crippen molar-refractivity contribution in [3.8, 4) is 0 Å². The molecule has 0 radical (unpaired) electrons. The summed E-state index contributed by atoms with van der Waals surface area (Å²) < 4.78 is 69.9. The van der Waals surface area contributed by atoms with Crippen LogP contribution in [0.2, 0.25) is 5.04 Å². The fourth-order valence-electron chi connectivity index (χ4n) is 0.161. The fourth-order valence-corrected chi connectivity index (χ4v) is 0.161. The van der Waals surface area contributed by atoms with Gasteiger partial charge in [0.15, 0.2) is 0 Å². The number of hydrogen-bond donors (Lipinski definition) is 0. The molecule has 0 amide bonds. The molecule has 0 fully saturated rings. The van der Waals surface area contributed by atoms with E-state index in [4.69, 9.17) is 0 Å². The van der Waals surface area contributed by atoms with Crippen molar-refractivity contribution in [3.63, 3.8) is 0 Å².